The van der Waals surface area contributed by atoms with E-state index >= 15 is 0 Å². The number of unbranched alkanes of at least 4 members (excludes halogenated alkanes) is 1. The number of phenolic OH excluding ortho intramolecular Hbond substituents is 1. The Morgan fingerprint density at radius 3 is 2.27 bits per heavy atom. The molecule has 2 rings (SSSR count). The standard InChI is InChI=1S/C26H42N8O6/c27-12-2-1-5-19(32-22(36)18(28)15-16-8-10-17(35)11-9-16)23(37)33-20(6-3-13-31-26(29)30)24(38)34-14-4-7-21(34)25(39)40/h8-11,18-21,35H,1-7,12-15,27-28H2,(H,32,36)(H,33,37)(H,39,40)(H4,29,30,31). The summed E-state index contributed by atoms with van der Waals surface area (Å²) in [4.78, 5) is 56.5. The number of hydrogen-bond donors (Lipinski definition) is 8. The highest BCUT2D eigenvalue weighted by Crippen LogP contribution is 2.20. The lowest BCUT2D eigenvalue weighted by Crippen LogP contribution is -2.57. The summed E-state index contributed by atoms with van der Waals surface area (Å²) < 4.78 is 0. The summed E-state index contributed by atoms with van der Waals surface area (Å²) in [6.45, 7) is 0.881. The van der Waals surface area contributed by atoms with Crippen LogP contribution in [0.2, 0.25) is 0 Å². The molecule has 1 aliphatic rings. The highest BCUT2D eigenvalue weighted by atomic mass is 16.4. The van der Waals surface area contributed by atoms with Crippen molar-refractivity contribution >= 4 is 29.7 Å². The Balaban J connectivity index is 2.15. The van der Waals surface area contributed by atoms with Gasteiger partial charge in [-0.25, -0.2) is 4.79 Å². The number of phenols is 1. The van der Waals surface area contributed by atoms with Gasteiger partial charge in [-0.2, -0.15) is 0 Å². The van der Waals surface area contributed by atoms with Crippen molar-refractivity contribution in [2.75, 3.05) is 19.6 Å². The van der Waals surface area contributed by atoms with Crippen molar-refractivity contribution in [1.82, 2.24) is 15.5 Å². The predicted octanol–water partition coefficient (Wildman–Crippen LogP) is -1.51. The molecule has 4 atom stereocenters. The molecular weight excluding hydrogens is 520 g/mol. The van der Waals surface area contributed by atoms with Crippen LogP contribution in [0.1, 0.15) is 50.5 Å². The quantitative estimate of drug-likeness (QED) is 0.0656. The summed E-state index contributed by atoms with van der Waals surface area (Å²) in [7, 11) is 0. The van der Waals surface area contributed by atoms with E-state index in [9.17, 15) is 29.4 Å². The number of aliphatic carboxylic acids is 1. The van der Waals surface area contributed by atoms with Gasteiger partial charge in [0.05, 0.1) is 6.04 Å². The Labute approximate surface area is 233 Å². The van der Waals surface area contributed by atoms with Gasteiger partial charge in [-0.15, -0.1) is 0 Å². The summed E-state index contributed by atoms with van der Waals surface area (Å²) in [5.41, 5.74) is 23.2. The van der Waals surface area contributed by atoms with Gasteiger partial charge >= 0.3 is 5.97 Å². The van der Waals surface area contributed by atoms with Gasteiger partial charge in [0.15, 0.2) is 5.96 Å². The van der Waals surface area contributed by atoms with E-state index in [0.717, 1.165) is 5.56 Å². The molecule has 1 aromatic rings. The Bertz CT molecular complexity index is 1030. The second-order valence-electron chi connectivity index (χ2n) is 9.86. The number of nitrogens with two attached hydrogens (primary N) is 4. The number of aliphatic imine (C=N–C) groups is 1. The Hall–Kier alpha value is -3.91. The molecule has 40 heavy (non-hydrogen) atoms. The summed E-state index contributed by atoms with van der Waals surface area (Å²) in [5.74, 6) is -2.78. The molecule has 0 aliphatic carbocycles. The van der Waals surface area contributed by atoms with Crippen LogP contribution >= 0.6 is 0 Å². The summed E-state index contributed by atoms with van der Waals surface area (Å²) in [6, 6.07) is 2.30. The number of carbonyl (C=O) groups is 4. The van der Waals surface area contributed by atoms with E-state index in [4.69, 9.17) is 22.9 Å². The van der Waals surface area contributed by atoms with Crippen LogP contribution in [0.5, 0.6) is 5.75 Å². The van der Waals surface area contributed by atoms with E-state index in [-0.39, 0.29) is 44.1 Å². The van der Waals surface area contributed by atoms with Crippen LogP contribution in [0.3, 0.4) is 0 Å². The van der Waals surface area contributed by atoms with Crippen LogP contribution in [-0.2, 0) is 25.6 Å². The normalized spacial score (nSPS) is 16.9. The highest BCUT2D eigenvalue weighted by Gasteiger charge is 2.38. The molecule has 0 spiro atoms. The number of amides is 3. The molecule has 1 heterocycles. The number of nitrogens with zero attached hydrogens (tertiary/aromatic N) is 2. The molecule has 1 saturated heterocycles. The molecule has 0 radical (unpaired) electrons. The fraction of sp³-hybridized carbons (Fsp3) is 0.577. The van der Waals surface area contributed by atoms with Crippen molar-refractivity contribution in [3.05, 3.63) is 29.8 Å². The zero-order chi connectivity index (χ0) is 29.7. The topological polar surface area (TPSA) is 252 Å². The van der Waals surface area contributed by atoms with Gasteiger partial charge in [0.1, 0.15) is 23.9 Å². The SMILES string of the molecule is NCCCCC(NC(=O)C(N)Cc1ccc(O)cc1)C(=O)NC(CCCN=C(N)N)C(=O)N1CCCC1C(=O)O. The lowest BCUT2D eigenvalue weighted by molar-refractivity contribution is -0.149. The number of benzene rings is 1. The minimum atomic E-state index is -1.11. The summed E-state index contributed by atoms with van der Waals surface area (Å²) in [6.07, 6.45) is 2.97. The van der Waals surface area contributed by atoms with Crippen LogP contribution < -0.4 is 33.6 Å². The number of carboxylic acid groups (broad SMARTS) is 1. The van der Waals surface area contributed by atoms with Crippen molar-refractivity contribution in [3.8, 4) is 5.75 Å². The third kappa shape index (κ3) is 10.3. The van der Waals surface area contributed by atoms with Gasteiger partial charge in [0, 0.05) is 13.1 Å². The molecule has 3 amide bonds. The lowest BCUT2D eigenvalue weighted by atomic mass is 10.0. The molecule has 4 unspecified atom stereocenters. The molecule has 0 bridgehead atoms. The van der Waals surface area contributed by atoms with Crippen LogP contribution in [0.4, 0.5) is 0 Å². The molecule has 12 N–H and O–H groups in total. The van der Waals surface area contributed by atoms with Gasteiger partial charge in [0.25, 0.3) is 0 Å². The van der Waals surface area contributed by atoms with E-state index in [0.29, 0.717) is 38.6 Å². The zero-order valence-electron chi connectivity index (χ0n) is 22.6. The molecule has 0 aromatic heterocycles. The largest absolute Gasteiger partial charge is 0.508 e. The van der Waals surface area contributed by atoms with E-state index in [2.05, 4.69) is 15.6 Å². The van der Waals surface area contributed by atoms with Crippen LogP contribution in [0.15, 0.2) is 29.3 Å². The molecule has 0 saturated carbocycles. The van der Waals surface area contributed by atoms with E-state index in [1.807, 2.05) is 0 Å². The Morgan fingerprint density at radius 1 is 1.00 bits per heavy atom. The first-order chi connectivity index (χ1) is 19.0. The number of hydrogen-bond acceptors (Lipinski definition) is 8. The smallest absolute Gasteiger partial charge is 0.326 e. The highest BCUT2D eigenvalue weighted by molar-refractivity contribution is 5.94. The maximum atomic E-state index is 13.4. The van der Waals surface area contributed by atoms with Crippen molar-refractivity contribution in [2.45, 2.75) is 75.5 Å². The number of likely N-dealkylation sites (tertiary alicyclic amines) is 1. The van der Waals surface area contributed by atoms with Crippen molar-refractivity contribution in [1.29, 1.82) is 0 Å². The number of rotatable bonds is 16. The lowest BCUT2D eigenvalue weighted by Gasteiger charge is -2.29. The predicted molar refractivity (Wildman–Crippen MR) is 149 cm³/mol. The van der Waals surface area contributed by atoms with Crippen LogP contribution in [0.25, 0.3) is 0 Å². The first kappa shape index (κ1) is 32.3. The van der Waals surface area contributed by atoms with Gasteiger partial charge in [-0.1, -0.05) is 12.1 Å². The minimum Gasteiger partial charge on any atom is -0.508 e. The van der Waals surface area contributed by atoms with E-state index in [1.54, 1.807) is 12.1 Å². The molecule has 222 valence electrons. The number of guanidine groups is 1. The minimum absolute atomic E-state index is 0.0874. The van der Waals surface area contributed by atoms with E-state index in [1.165, 1.54) is 17.0 Å². The maximum absolute atomic E-state index is 13.4. The van der Waals surface area contributed by atoms with Crippen LogP contribution in [-0.4, -0.2) is 88.6 Å². The van der Waals surface area contributed by atoms with Gasteiger partial charge in [-0.05, 0) is 75.6 Å². The Morgan fingerprint density at radius 2 is 1.65 bits per heavy atom. The van der Waals surface area contributed by atoms with Crippen LogP contribution in [0, 0.1) is 0 Å². The average molecular weight is 563 g/mol. The molecule has 14 nitrogen and oxygen atoms in total. The third-order valence-corrected chi connectivity index (χ3v) is 6.69. The van der Waals surface area contributed by atoms with Gasteiger partial charge < -0.3 is 48.7 Å². The number of carboxylic acids is 1. The summed E-state index contributed by atoms with van der Waals surface area (Å²) >= 11 is 0. The first-order valence-corrected chi connectivity index (χ1v) is 13.5. The molecule has 1 aliphatic heterocycles. The van der Waals surface area contributed by atoms with Gasteiger partial charge in [0.2, 0.25) is 17.7 Å². The fourth-order valence-electron chi connectivity index (χ4n) is 4.54. The van der Waals surface area contributed by atoms with Gasteiger partial charge in [-0.3, -0.25) is 19.4 Å². The Kier molecular flexibility index (Phi) is 13.1. The second kappa shape index (κ2) is 16.3. The average Bonchev–Trinajstić information content (AvgIpc) is 3.41. The van der Waals surface area contributed by atoms with Crippen molar-refractivity contribution in [3.63, 3.8) is 0 Å². The third-order valence-electron chi connectivity index (χ3n) is 6.69. The van der Waals surface area contributed by atoms with Crippen molar-refractivity contribution < 1.29 is 29.4 Å². The number of nitrogens with one attached hydrogen (secondary N) is 2. The monoisotopic (exact) mass is 562 g/mol. The molecule has 14 heteroatoms. The maximum Gasteiger partial charge on any atom is 0.326 e. The number of aromatic hydroxyl groups is 1. The molecule has 1 aromatic carbocycles. The fourth-order valence-corrected chi connectivity index (χ4v) is 4.54. The second-order valence-corrected chi connectivity index (χ2v) is 9.86. The zero-order valence-corrected chi connectivity index (χ0v) is 22.6. The molecular formula is C26H42N8O6. The summed E-state index contributed by atoms with van der Waals surface area (Å²) in [5, 5.41) is 24.4. The first-order valence-electron chi connectivity index (χ1n) is 13.5. The van der Waals surface area contributed by atoms with E-state index < -0.39 is 47.9 Å². The number of carbonyl (C=O) groups excluding carboxylic acids is 3. The van der Waals surface area contributed by atoms with Crippen molar-refractivity contribution in [2.24, 2.45) is 27.9 Å². The molecule has 1 fully saturated rings.